The summed E-state index contributed by atoms with van der Waals surface area (Å²) in [5, 5.41) is 0. The molecule has 0 saturated carbocycles. The SMILES string of the molecule is C=C/C=C\c1c(C=C)c(C=C)c(/C=C\C)n1C.CC.CC. The Bertz CT molecular complexity index is 496. The maximum absolute atomic E-state index is 3.88. The minimum absolute atomic E-state index is 1.11. The highest BCUT2D eigenvalue weighted by Gasteiger charge is 2.12. The van der Waals surface area contributed by atoms with Gasteiger partial charge in [0.15, 0.2) is 0 Å². The van der Waals surface area contributed by atoms with E-state index in [1.807, 2.05) is 72.0 Å². The molecule has 0 spiro atoms. The van der Waals surface area contributed by atoms with E-state index >= 15 is 0 Å². The summed E-state index contributed by atoms with van der Waals surface area (Å²) >= 11 is 0. The van der Waals surface area contributed by atoms with Gasteiger partial charge in [0.05, 0.1) is 0 Å². The molecule has 116 valence electrons. The highest BCUT2D eigenvalue weighted by molar-refractivity contribution is 5.78. The zero-order chi connectivity index (χ0) is 16.8. The molecule has 0 aliphatic carbocycles. The first-order valence-corrected chi connectivity index (χ1v) is 7.60. The van der Waals surface area contributed by atoms with Gasteiger partial charge in [-0.3, -0.25) is 0 Å². The van der Waals surface area contributed by atoms with Crippen molar-refractivity contribution in [1.82, 2.24) is 4.57 Å². The number of aromatic nitrogens is 1. The summed E-state index contributed by atoms with van der Waals surface area (Å²) in [7, 11) is 2.04. The van der Waals surface area contributed by atoms with Crippen molar-refractivity contribution in [2.75, 3.05) is 0 Å². The standard InChI is InChI=1S/C16H19N.2C2H6/c1-6-10-12-16-14(9-4)13(8-3)15(11-7-2)17(16)5;2*1-2/h6-12H,1,3-4H2,2,5H3;2*1-2H3/b11-7-,12-10-;;. The molecular formula is C20H31N. The minimum Gasteiger partial charge on any atom is -0.344 e. The van der Waals surface area contributed by atoms with Crippen LogP contribution in [0, 0.1) is 0 Å². The van der Waals surface area contributed by atoms with E-state index in [1.54, 1.807) is 6.08 Å². The molecule has 0 saturated heterocycles. The second-order valence-electron chi connectivity index (χ2n) is 3.66. The molecule has 0 bridgehead atoms. The Morgan fingerprint density at radius 3 is 1.57 bits per heavy atom. The number of allylic oxidation sites excluding steroid dienone is 3. The summed E-state index contributed by atoms with van der Waals surface area (Å²) in [5.74, 6) is 0. The van der Waals surface area contributed by atoms with Crippen LogP contribution in [-0.2, 0) is 7.05 Å². The zero-order valence-electron chi connectivity index (χ0n) is 14.6. The van der Waals surface area contributed by atoms with Crippen LogP contribution in [0.2, 0.25) is 0 Å². The van der Waals surface area contributed by atoms with Gasteiger partial charge in [0.1, 0.15) is 0 Å². The number of hydrogen-bond acceptors (Lipinski definition) is 0. The Labute approximate surface area is 131 Å². The van der Waals surface area contributed by atoms with Crippen LogP contribution in [0.25, 0.3) is 24.3 Å². The van der Waals surface area contributed by atoms with Crippen LogP contribution in [0.3, 0.4) is 0 Å². The van der Waals surface area contributed by atoms with Crippen molar-refractivity contribution in [2.24, 2.45) is 7.05 Å². The van der Waals surface area contributed by atoms with Crippen molar-refractivity contribution in [3.05, 3.63) is 60.5 Å². The van der Waals surface area contributed by atoms with E-state index in [-0.39, 0.29) is 0 Å². The average Bonchev–Trinajstić information content (AvgIpc) is 2.81. The number of hydrogen-bond donors (Lipinski definition) is 0. The third kappa shape index (κ3) is 5.47. The fourth-order valence-corrected chi connectivity index (χ4v) is 1.92. The molecule has 1 aromatic heterocycles. The van der Waals surface area contributed by atoms with Crippen LogP contribution >= 0.6 is 0 Å². The lowest BCUT2D eigenvalue weighted by Crippen LogP contribution is -1.94. The summed E-state index contributed by atoms with van der Waals surface area (Å²) < 4.78 is 2.13. The third-order valence-corrected chi connectivity index (χ3v) is 2.69. The lowest BCUT2D eigenvalue weighted by Gasteiger charge is -2.01. The van der Waals surface area contributed by atoms with Gasteiger partial charge in [0, 0.05) is 29.6 Å². The van der Waals surface area contributed by atoms with Gasteiger partial charge < -0.3 is 4.57 Å². The molecule has 1 aromatic rings. The summed E-state index contributed by atoms with van der Waals surface area (Å²) in [6.07, 6.45) is 13.6. The Kier molecular flexibility index (Phi) is 13.2. The first-order chi connectivity index (χ1) is 10.2. The van der Waals surface area contributed by atoms with Crippen LogP contribution in [0.15, 0.2) is 38.0 Å². The molecular weight excluding hydrogens is 254 g/mol. The molecule has 0 aliphatic rings. The Morgan fingerprint density at radius 2 is 1.24 bits per heavy atom. The predicted octanol–water partition coefficient (Wildman–Crippen LogP) is 6.60. The first-order valence-electron chi connectivity index (χ1n) is 7.60. The van der Waals surface area contributed by atoms with Gasteiger partial charge in [-0.2, -0.15) is 0 Å². The monoisotopic (exact) mass is 285 g/mol. The molecule has 1 heterocycles. The van der Waals surface area contributed by atoms with E-state index in [9.17, 15) is 0 Å². The zero-order valence-corrected chi connectivity index (χ0v) is 14.6. The van der Waals surface area contributed by atoms with Gasteiger partial charge in [-0.15, -0.1) is 0 Å². The highest BCUT2D eigenvalue weighted by atomic mass is 15.0. The van der Waals surface area contributed by atoms with Gasteiger partial charge in [0.2, 0.25) is 0 Å². The lowest BCUT2D eigenvalue weighted by molar-refractivity contribution is 0.900. The van der Waals surface area contributed by atoms with Crippen molar-refractivity contribution in [1.29, 1.82) is 0 Å². The van der Waals surface area contributed by atoms with E-state index < -0.39 is 0 Å². The van der Waals surface area contributed by atoms with Crippen molar-refractivity contribution in [3.63, 3.8) is 0 Å². The van der Waals surface area contributed by atoms with Crippen molar-refractivity contribution in [2.45, 2.75) is 34.6 Å². The second-order valence-corrected chi connectivity index (χ2v) is 3.66. The molecule has 1 heteroatoms. The van der Waals surface area contributed by atoms with Crippen LogP contribution in [-0.4, -0.2) is 4.57 Å². The topological polar surface area (TPSA) is 4.93 Å². The van der Waals surface area contributed by atoms with E-state index in [1.165, 1.54) is 0 Å². The Balaban J connectivity index is 0. The largest absolute Gasteiger partial charge is 0.344 e. The van der Waals surface area contributed by atoms with E-state index in [4.69, 9.17) is 0 Å². The smallest absolute Gasteiger partial charge is 0.0488 e. The molecule has 0 unspecified atom stereocenters. The van der Waals surface area contributed by atoms with Crippen LogP contribution in [0.5, 0.6) is 0 Å². The molecule has 0 aliphatic heterocycles. The van der Waals surface area contributed by atoms with Crippen molar-refractivity contribution >= 4 is 24.3 Å². The fourth-order valence-electron chi connectivity index (χ4n) is 1.92. The molecule has 1 nitrogen and oxygen atoms in total. The quantitative estimate of drug-likeness (QED) is 0.537. The molecule has 0 fully saturated rings. The van der Waals surface area contributed by atoms with Crippen LogP contribution in [0.4, 0.5) is 0 Å². The Morgan fingerprint density at radius 1 is 0.810 bits per heavy atom. The van der Waals surface area contributed by atoms with Gasteiger partial charge in [0.25, 0.3) is 0 Å². The third-order valence-electron chi connectivity index (χ3n) is 2.69. The van der Waals surface area contributed by atoms with Crippen molar-refractivity contribution in [3.8, 4) is 0 Å². The van der Waals surface area contributed by atoms with Gasteiger partial charge >= 0.3 is 0 Å². The average molecular weight is 285 g/mol. The second kappa shape index (κ2) is 13.0. The molecule has 1 rings (SSSR count). The van der Waals surface area contributed by atoms with Crippen LogP contribution < -0.4 is 0 Å². The number of rotatable bonds is 5. The van der Waals surface area contributed by atoms with Crippen LogP contribution in [0.1, 0.15) is 57.1 Å². The first kappa shape index (κ1) is 21.3. The highest BCUT2D eigenvalue weighted by Crippen LogP contribution is 2.26. The summed E-state index contributed by atoms with van der Waals surface area (Å²) in [5.41, 5.74) is 4.47. The normalized spacial score (nSPS) is 9.62. The summed E-state index contributed by atoms with van der Waals surface area (Å²) in [6.45, 7) is 21.5. The Hall–Kier alpha value is -2.02. The molecule has 0 N–H and O–H groups in total. The minimum atomic E-state index is 1.11. The molecule has 0 atom stereocenters. The van der Waals surface area contributed by atoms with Crippen molar-refractivity contribution < 1.29 is 0 Å². The molecule has 21 heavy (non-hydrogen) atoms. The fraction of sp³-hybridized carbons (Fsp3) is 0.300. The van der Waals surface area contributed by atoms with Gasteiger partial charge in [-0.05, 0) is 19.1 Å². The number of nitrogens with zero attached hydrogens (tertiary/aromatic N) is 1. The summed E-state index contributed by atoms with van der Waals surface area (Å²) in [4.78, 5) is 0. The lowest BCUT2D eigenvalue weighted by atomic mass is 10.1. The summed E-state index contributed by atoms with van der Waals surface area (Å²) in [6, 6.07) is 0. The molecule has 0 aromatic carbocycles. The van der Waals surface area contributed by atoms with Gasteiger partial charge in [-0.1, -0.05) is 77.8 Å². The van der Waals surface area contributed by atoms with E-state index in [0.717, 1.165) is 22.5 Å². The maximum Gasteiger partial charge on any atom is 0.0488 e. The van der Waals surface area contributed by atoms with Gasteiger partial charge in [-0.25, -0.2) is 0 Å². The predicted molar refractivity (Wildman–Crippen MR) is 102 cm³/mol. The maximum atomic E-state index is 3.88. The van der Waals surface area contributed by atoms with E-state index in [0.29, 0.717) is 0 Å². The molecule has 0 amide bonds. The van der Waals surface area contributed by atoms with E-state index in [2.05, 4.69) is 30.4 Å². The molecule has 0 radical (unpaired) electrons.